The van der Waals surface area contributed by atoms with E-state index < -0.39 is 11.7 Å². The fourth-order valence-electron chi connectivity index (χ4n) is 1.78. The van der Waals surface area contributed by atoms with Gasteiger partial charge in [0.25, 0.3) is 0 Å². The number of ether oxygens (including phenoxy) is 1. The Morgan fingerprint density at radius 2 is 1.57 bits per heavy atom. The lowest BCUT2D eigenvalue weighted by Gasteiger charge is -2.30. The number of nitrogens with one attached hydrogen (secondary N) is 2. The van der Waals surface area contributed by atoms with E-state index in [9.17, 15) is 9.59 Å². The first-order valence-electron chi connectivity index (χ1n) is 6.99. The highest BCUT2D eigenvalue weighted by molar-refractivity contribution is 5.90. The molecule has 114 valence electrons. The molecule has 0 spiro atoms. The van der Waals surface area contributed by atoms with Crippen LogP contribution in [0.25, 0.3) is 0 Å². The van der Waals surface area contributed by atoms with E-state index in [1.807, 2.05) is 0 Å². The fourth-order valence-corrected chi connectivity index (χ4v) is 1.78. The number of likely N-dealkylation sites (tertiary alicyclic amines) is 1. The zero-order valence-corrected chi connectivity index (χ0v) is 12.6. The summed E-state index contributed by atoms with van der Waals surface area (Å²) in [5, 5.41) is 5.45. The lowest BCUT2D eigenvalue weighted by molar-refractivity contribution is 0.0636. The van der Waals surface area contributed by atoms with Crippen molar-refractivity contribution in [3.63, 3.8) is 0 Å². The van der Waals surface area contributed by atoms with Gasteiger partial charge in [-0.1, -0.05) is 0 Å². The van der Waals surface area contributed by atoms with Crippen LogP contribution in [0.15, 0.2) is 24.3 Å². The molecule has 1 aromatic carbocycles. The number of urea groups is 1. The summed E-state index contributed by atoms with van der Waals surface area (Å²) in [5.74, 6) is 0. The molecule has 2 N–H and O–H groups in total. The third-order valence-electron chi connectivity index (χ3n) is 2.92. The van der Waals surface area contributed by atoms with E-state index >= 15 is 0 Å². The molecule has 6 heteroatoms. The highest BCUT2D eigenvalue weighted by atomic mass is 16.6. The van der Waals surface area contributed by atoms with E-state index in [0.29, 0.717) is 11.4 Å². The fraction of sp³-hybridized carbons (Fsp3) is 0.467. The predicted molar refractivity (Wildman–Crippen MR) is 81.5 cm³/mol. The molecule has 0 aromatic heterocycles. The molecule has 1 aromatic rings. The summed E-state index contributed by atoms with van der Waals surface area (Å²) in [6, 6.07) is 6.83. The van der Waals surface area contributed by atoms with Crippen LogP contribution in [0.3, 0.4) is 0 Å². The number of anilines is 2. The van der Waals surface area contributed by atoms with Gasteiger partial charge in [-0.3, -0.25) is 5.32 Å². The Morgan fingerprint density at radius 1 is 1.05 bits per heavy atom. The van der Waals surface area contributed by atoms with Crippen LogP contribution in [0.1, 0.15) is 27.2 Å². The number of nitrogens with zero attached hydrogens (tertiary/aromatic N) is 1. The molecular weight excluding hydrogens is 270 g/mol. The molecular formula is C15H21N3O3. The number of rotatable bonds is 2. The summed E-state index contributed by atoms with van der Waals surface area (Å²) in [4.78, 5) is 25.1. The van der Waals surface area contributed by atoms with Gasteiger partial charge in [-0.05, 0) is 51.5 Å². The van der Waals surface area contributed by atoms with Crippen LogP contribution in [0.4, 0.5) is 21.0 Å². The molecule has 3 amide bonds. The van der Waals surface area contributed by atoms with Gasteiger partial charge in [0, 0.05) is 24.5 Å². The SMILES string of the molecule is CC(C)(C)OC(=O)Nc1ccc(NC(=O)N2CCC2)cc1. The number of hydrogen-bond acceptors (Lipinski definition) is 3. The number of amides is 3. The van der Waals surface area contributed by atoms with Gasteiger partial charge in [0.2, 0.25) is 0 Å². The minimum absolute atomic E-state index is 0.0888. The van der Waals surface area contributed by atoms with Crippen molar-refractivity contribution in [1.29, 1.82) is 0 Å². The van der Waals surface area contributed by atoms with E-state index in [-0.39, 0.29) is 6.03 Å². The zero-order chi connectivity index (χ0) is 15.5. The Hall–Kier alpha value is -2.24. The van der Waals surface area contributed by atoms with Crippen LogP contribution in [0.5, 0.6) is 0 Å². The van der Waals surface area contributed by atoms with E-state index in [1.54, 1.807) is 49.9 Å². The summed E-state index contributed by atoms with van der Waals surface area (Å²) >= 11 is 0. The summed E-state index contributed by atoms with van der Waals surface area (Å²) in [5.41, 5.74) is 0.780. The molecule has 0 saturated carbocycles. The predicted octanol–water partition coefficient (Wildman–Crippen LogP) is 3.27. The van der Waals surface area contributed by atoms with E-state index in [0.717, 1.165) is 19.5 Å². The van der Waals surface area contributed by atoms with Crippen LogP contribution in [0.2, 0.25) is 0 Å². The Balaban J connectivity index is 1.86. The van der Waals surface area contributed by atoms with Crippen molar-refractivity contribution >= 4 is 23.5 Å². The molecule has 1 fully saturated rings. The third kappa shape index (κ3) is 4.66. The second-order valence-corrected chi connectivity index (χ2v) is 5.97. The van der Waals surface area contributed by atoms with Crippen molar-refractivity contribution < 1.29 is 14.3 Å². The Labute approximate surface area is 124 Å². The standard InChI is InChI=1S/C15H21N3O3/c1-15(2,3)21-14(20)17-12-7-5-11(6-8-12)16-13(19)18-9-4-10-18/h5-8H,4,9-10H2,1-3H3,(H,16,19)(H,17,20). The average molecular weight is 291 g/mol. The number of carbonyl (C=O) groups excluding carboxylic acids is 2. The molecule has 0 aliphatic carbocycles. The van der Waals surface area contributed by atoms with Gasteiger partial charge in [-0.15, -0.1) is 0 Å². The van der Waals surface area contributed by atoms with Crippen LogP contribution in [0, 0.1) is 0 Å². The molecule has 6 nitrogen and oxygen atoms in total. The Bertz CT molecular complexity index is 516. The number of hydrogen-bond donors (Lipinski definition) is 2. The second-order valence-electron chi connectivity index (χ2n) is 5.97. The number of carbonyl (C=O) groups is 2. The van der Waals surface area contributed by atoms with Crippen molar-refractivity contribution in [2.45, 2.75) is 32.8 Å². The summed E-state index contributed by atoms with van der Waals surface area (Å²) in [6.07, 6.45) is 0.562. The number of benzene rings is 1. The first-order valence-corrected chi connectivity index (χ1v) is 6.99. The highest BCUT2D eigenvalue weighted by Crippen LogP contribution is 2.17. The maximum atomic E-state index is 11.7. The largest absolute Gasteiger partial charge is 0.444 e. The molecule has 1 heterocycles. The summed E-state index contributed by atoms with van der Waals surface area (Å²) in [6.45, 7) is 7.04. The second kappa shape index (κ2) is 6.03. The maximum absolute atomic E-state index is 11.7. The van der Waals surface area contributed by atoms with Crippen LogP contribution in [-0.2, 0) is 4.74 Å². The van der Waals surface area contributed by atoms with Gasteiger partial charge in [0.1, 0.15) is 5.60 Å². The van der Waals surface area contributed by atoms with Crippen molar-refractivity contribution in [1.82, 2.24) is 4.90 Å². The lowest BCUT2D eigenvalue weighted by atomic mass is 10.2. The maximum Gasteiger partial charge on any atom is 0.412 e. The lowest BCUT2D eigenvalue weighted by Crippen LogP contribution is -2.44. The van der Waals surface area contributed by atoms with Crippen molar-refractivity contribution in [3.8, 4) is 0 Å². The van der Waals surface area contributed by atoms with Crippen LogP contribution >= 0.6 is 0 Å². The van der Waals surface area contributed by atoms with E-state index in [4.69, 9.17) is 4.74 Å². The van der Waals surface area contributed by atoms with Gasteiger partial charge in [-0.25, -0.2) is 9.59 Å². The Morgan fingerprint density at radius 3 is 2.00 bits per heavy atom. The highest BCUT2D eigenvalue weighted by Gasteiger charge is 2.20. The van der Waals surface area contributed by atoms with E-state index in [1.165, 1.54) is 0 Å². The molecule has 2 rings (SSSR count). The van der Waals surface area contributed by atoms with Gasteiger partial charge in [0.05, 0.1) is 0 Å². The summed E-state index contributed by atoms with van der Waals surface area (Å²) in [7, 11) is 0. The minimum atomic E-state index is -0.533. The molecule has 21 heavy (non-hydrogen) atoms. The molecule has 0 radical (unpaired) electrons. The molecule has 1 saturated heterocycles. The average Bonchev–Trinajstić information content (AvgIpc) is 2.26. The van der Waals surface area contributed by atoms with Crippen molar-refractivity contribution in [3.05, 3.63) is 24.3 Å². The monoisotopic (exact) mass is 291 g/mol. The van der Waals surface area contributed by atoms with Gasteiger partial charge >= 0.3 is 12.1 Å². The smallest absolute Gasteiger partial charge is 0.412 e. The van der Waals surface area contributed by atoms with Gasteiger partial charge in [-0.2, -0.15) is 0 Å². The first-order chi connectivity index (χ1) is 9.83. The molecule has 1 aliphatic heterocycles. The minimum Gasteiger partial charge on any atom is -0.444 e. The zero-order valence-electron chi connectivity index (χ0n) is 12.6. The van der Waals surface area contributed by atoms with E-state index in [2.05, 4.69) is 10.6 Å². The normalized spacial score (nSPS) is 14.1. The first kappa shape index (κ1) is 15.2. The van der Waals surface area contributed by atoms with Crippen molar-refractivity contribution in [2.24, 2.45) is 0 Å². The van der Waals surface area contributed by atoms with Crippen LogP contribution in [-0.4, -0.2) is 35.7 Å². The topological polar surface area (TPSA) is 70.7 Å². The summed E-state index contributed by atoms with van der Waals surface area (Å²) < 4.78 is 5.16. The molecule has 0 atom stereocenters. The van der Waals surface area contributed by atoms with Gasteiger partial charge < -0.3 is 15.0 Å². The molecule has 0 bridgehead atoms. The Kier molecular flexibility index (Phi) is 4.35. The van der Waals surface area contributed by atoms with Gasteiger partial charge in [0.15, 0.2) is 0 Å². The quantitative estimate of drug-likeness (QED) is 0.878. The molecule has 1 aliphatic rings. The third-order valence-corrected chi connectivity index (χ3v) is 2.92. The molecule has 0 unspecified atom stereocenters. The van der Waals surface area contributed by atoms with Crippen molar-refractivity contribution in [2.75, 3.05) is 23.7 Å². The van der Waals surface area contributed by atoms with Crippen LogP contribution < -0.4 is 10.6 Å².